The van der Waals surface area contributed by atoms with Crippen LogP contribution in [0.3, 0.4) is 0 Å². The number of likely N-dealkylation sites (tertiary alicyclic amines) is 1. The second kappa shape index (κ2) is 8.39. The number of halogens is 4. The van der Waals surface area contributed by atoms with Crippen LogP contribution in [0.15, 0.2) is 18.3 Å². The second-order valence-electron chi connectivity index (χ2n) is 11.1. The van der Waals surface area contributed by atoms with Crippen LogP contribution in [-0.4, -0.2) is 76.0 Å². The first kappa shape index (κ1) is 25.1. The number of ether oxygens (including phenoxy) is 2. The molecule has 204 valence electrons. The Labute approximate surface area is 215 Å². The van der Waals surface area contributed by atoms with Crippen molar-refractivity contribution in [1.82, 2.24) is 25.4 Å². The largest absolute Gasteiger partial charge is 0.481 e. The lowest BCUT2D eigenvalue weighted by atomic mass is 9.62. The maximum absolute atomic E-state index is 14.3. The Hall–Kier alpha value is -3.22. The van der Waals surface area contributed by atoms with Crippen molar-refractivity contribution in [1.29, 1.82) is 0 Å². The average molecular weight is 538 g/mol. The summed E-state index contributed by atoms with van der Waals surface area (Å²) in [6.07, 6.45) is -1.13. The fourth-order valence-corrected chi connectivity index (χ4v) is 6.33. The van der Waals surface area contributed by atoms with E-state index in [0.29, 0.717) is 25.1 Å². The molecule has 0 unspecified atom stereocenters. The molecule has 2 amide bonds. The third-order valence-electron chi connectivity index (χ3n) is 8.63. The van der Waals surface area contributed by atoms with E-state index in [4.69, 9.17) is 9.47 Å². The standard InChI is InChI=1S/C25H27F4N5O4/c1-37-19-6-15(16(26)9-30-19)17-7-18(33-32-17)21(36)34-5-2-14(8-23(34)3-4-23)20(35)31-12-24-10-22(11-24,13-38-24)25(27,28)29/h6-7,9,14H,2-5,8,10-13H2,1H3,(H,31,35)(H,32,33)/t14-,22?,24?/m0/s1. The zero-order chi connectivity index (χ0) is 26.9. The first-order valence-corrected chi connectivity index (χ1v) is 12.5. The third kappa shape index (κ3) is 3.93. The van der Waals surface area contributed by atoms with Crippen molar-refractivity contribution in [2.24, 2.45) is 11.3 Å². The molecule has 7 rings (SSSR count). The summed E-state index contributed by atoms with van der Waals surface area (Å²) >= 11 is 0. The minimum Gasteiger partial charge on any atom is -0.481 e. The molecule has 0 radical (unpaired) electrons. The molecule has 5 aliphatic rings. The van der Waals surface area contributed by atoms with E-state index in [9.17, 15) is 27.2 Å². The molecule has 2 bridgehead atoms. The predicted octanol–water partition coefficient (Wildman–Crippen LogP) is 3.23. The number of amides is 2. The number of hydrogen-bond acceptors (Lipinski definition) is 6. The number of nitrogens with zero attached hydrogens (tertiary/aromatic N) is 3. The van der Waals surface area contributed by atoms with Gasteiger partial charge in [-0.05, 0) is 44.6 Å². The van der Waals surface area contributed by atoms with Crippen LogP contribution in [0.4, 0.5) is 17.6 Å². The molecule has 5 heterocycles. The highest BCUT2D eigenvalue weighted by Crippen LogP contribution is 2.64. The number of carbonyl (C=O) groups is 2. The number of piperidine rings is 1. The quantitative estimate of drug-likeness (QED) is 0.548. The summed E-state index contributed by atoms with van der Waals surface area (Å²) < 4.78 is 64.6. The van der Waals surface area contributed by atoms with Crippen LogP contribution < -0.4 is 10.1 Å². The topological polar surface area (TPSA) is 109 Å². The van der Waals surface area contributed by atoms with Crippen LogP contribution in [0, 0.1) is 17.2 Å². The lowest BCUT2D eigenvalue weighted by Crippen LogP contribution is -2.57. The maximum Gasteiger partial charge on any atom is 0.396 e. The number of pyridine rings is 1. The zero-order valence-electron chi connectivity index (χ0n) is 20.7. The van der Waals surface area contributed by atoms with E-state index < -0.39 is 28.5 Å². The number of H-pyrrole nitrogens is 1. The van der Waals surface area contributed by atoms with Gasteiger partial charge in [0.25, 0.3) is 5.91 Å². The van der Waals surface area contributed by atoms with Crippen LogP contribution >= 0.6 is 0 Å². The van der Waals surface area contributed by atoms with E-state index in [-0.39, 0.29) is 60.9 Å². The Balaban J connectivity index is 1.08. The van der Waals surface area contributed by atoms with Gasteiger partial charge in [0.2, 0.25) is 11.8 Å². The van der Waals surface area contributed by atoms with Gasteiger partial charge in [0.05, 0.1) is 36.6 Å². The summed E-state index contributed by atoms with van der Waals surface area (Å²) in [6, 6.07) is 2.89. The number of fused-ring (bicyclic) bond motifs is 1. The number of alkyl halides is 3. The summed E-state index contributed by atoms with van der Waals surface area (Å²) in [5.41, 5.74) is -2.54. The highest BCUT2D eigenvalue weighted by Gasteiger charge is 2.73. The van der Waals surface area contributed by atoms with E-state index in [1.165, 1.54) is 19.2 Å². The fourth-order valence-electron chi connectivity index (χ4n) is 6.33. The van der Waals surface area contributed by atoms with Crippen LogP contribution in [0.1, 0.15) is 49.0 Å². The first-order chi connectivity index (χ1) is 18.0. The van der Waals surface area contributed by atoms with E-state index in [0.717, 1.165) is 19.0 Å². The molecule has 0 aromatic carbocycles. The lowest BCUT2D eigenvalue weighted by molar-refractivity contribution is -0.243. The van der Waals surface area contributed by atoms with Crippen LogP contribution in [-0.2, 0) is 9.53 Å². The molecule has 3 saturated heterocycles. The Morgan fingerprint density at radius 1 is 1.29 bits per heavy atom. The molecule has 13 heteroatoms. The van der Waals surface area contributed by atoms with Gasteiger partial charge in [0.1, 0.15) is 0 Å². The maximum atomic E-state index is 14.3. The van der Waals surface area contributed by atoms with Crippen molar-refractivity contribution >= 4 is 11.8 Å². The molecular formula is C25H27F4N5O4. The van der Waals surface area contributed by atoms with E-state index in [2.05, 4.69) is 20.5 Å². The van der Waals surface area contributed by atoms with Gasteiger partial charge in [-0.3, -0.25) is 14.7 Å². The smallest absolute Gasteiger partial charge is 0.396 e. The van der Waals surface area contributed by atoms with Gasteiger partial charge in [0, 0.05) is 36.2 Å². The predicted molar refractivity (Wildman–Crippen MR) is 123 cm³/mol. The summed E-state index contributed by atoms with van der Waals surface area (Å²) in [5, 5.41) is 9.62. The molecule has 5 fully saturated rings. The van der Waals surface area contributed by atoms with Gasteiger partial charge in [0.15, 0.2) is 11.5 Å². The van der Waals surface area contributed by atoms with Gasteiger partial charge in [-0.2, -0.15) is 18.3 Å². The van der Waals surface area contributed by atoms with Crippen LogP contribution in [0.2, 0.25) is 0 Å². The monoisotopic (exact) mass is 537 g/mol. The average Bonchev–Trinajstić information content (AvgIpc) is 3.24. The van der Waals surface area contributed by atoms with Crippen molar-refractivity contribution in [2.45, 2.75) is 55.8 Å². The summed E-state index contributed by atoms with van der Waals surface area (Å²) in [4.78, 5) is 31.8. The normalized spacial score (nSPS) is 29.2. The molecule has 2 aromatic rings. The minimum atomic E-state index is -4.30. The summed E-state index contributed by atoms with van der Waals surface area (Å²) in [5.74, 6) is -1.24. The molecule has 2 aliphatic carbocycles. The van der Waals surface area contributed by atoms with Gasteiger partial charge in [-0.15, -0.1) is 0 Å². The van der Waals surface area contributed by atoms with E-state index in [1.54, 1.807) is 4.90 Å². The number of aromatic amines is 1. The SMILES string of the molecule is COc1cc(-c2cc(C(=O)N3CC[C@H](C(=O)NCC45CC(C(F)(F)F)(CO4)C5)CC34CC4)n[nH]2)c(F)cn1. The highest BCUT2D eigenvalue weighted by molar-refractivity contribution is 5.94. The molecule has 38 heavy (non-hydrogen) atoms. The van der Waals surface area contributed by atoms with Crippen molar-refractivity contribution in [2.75, 3.05) is 26.8 Å². The summed E-state index contributed by atoms with van der Waals surface area (Å²) in [7, 11) is 1.42. The molecule has 1 spiro atoms. The Morgan fingerprint density at radius 2 is 2.05 bits per heavy atom. The molecule has 2 aromatic heterocycles. The number of hydrogen-bond donors (Lipinski definition) is 2. The number of carbonyl (C=O) groups excluding carboxylic acids is 2. The van der Waals surface area contributed by atoms with Gasteiger partial charge in [-0.1, -0.05) is 0 Å². The molecular weight excluding hydrogens is 510 g/mol. The number of nitrogens with one attached hydrogen (secondary N) is 2. The molecule has 3 aliphatic heterocycles. The number of rotatable bonds is 6. The van der Waals surface area contributed by atoms with Crippen molar-refractivity contribution in [3.8, 4) is 17.1 Å². The first-order valence-electron chi connectivity index (χ1n) is 12.5. The Kier molecular flexibility index (Phi) is 5.54. The fraction of sp³-hybridized carbons (Fsp3) is 0.600. The minimum absolute atomic E-state index is 0.0577. The third-order valence-corrected chi connectivity index (χ3v) is 8.63. The molecule has 2 N–H and O–H groups in total. The van der Waals surface area contributed by atoms with Gasteiger partial charge >= 0.3 is 6.18 Å². The second-order valence-corrected chi connectivity index (χ2v) is 11.1. The van der Waals surface area contributed by atoms with Gasteiger partial charge < -0.3 is 19.7 Å². The van der Waals surface area contributed by atoms with E-state index in [1.807, 2.05) is 0 Å². The van der Waals surface area contributed by atoms with Gasteiger partial charge in [-0.25, -0.2) is 9.37 Å². The lowest BCUT2D eigenvalue weighted by Gasteiger charge is -2.45. The van der Waals surface area contributed by atoms with Crippen molar-refractivity contribution in [3.63, 3.8) is 0 Å². The summed E-state index contributed by atoms with van der Waals surface area (Å²) in [6.45, 7) is 0.0455. The van der Waals surface area contributed by atoms with Crippen LogP contribution in [0.5, 0.6) is 5.88 Å². The zero-order valence-corrected chi connectivity index (χ0v) is 20.7. The van der Waals surface area contributed by atoms with Crippen molar-refractivity contribution in [3.05, 3.63) is 29.8 Å². The molecule has 1 atom stereocenters. The molecule has 2 saturated carbocycles. The Bertz CT molecular complexity index is 1280. The highest BCUT2D eigenvalue weighted by atomic mass is 19.4. The van der Waals surface area contributed by atoms with Crippen molar-refractivity contribution < 1.29 is 36.6 Å². The number of aromatic nitrogens is 3. The molecule has 9 nitrogen and oxygen atoms in total. The number of methoxy groups -OCH3 is 1. The van der Waals surface area contributed by atoms with Crippen LogP contribution in [0.25, 0.3) is 11.3 Å². The van der Waals surface area contributed by atoms with E-state index >= 15 is 0 Å². The Morgan fingerprint density at radius 3 is 2.71 bits per heavy atom.